The van der Waals surface area contributed by atoms with E-state index in [2.05, 4.69) is 24.3 Å². The molecule has 2 aliphatic rings. The van der Waals surface area contributed by atoms with Crippen LogP contribution in [0.25, 0.3) is 0 Å². The van der Waals surface area contributed by atoms with E-state index in [9.17, 15) is 9.90 Å². The van der Waals surface area contributed by atoms with Crippen LogP contribution in [-0.4, -0.2) is 18.2 Å². The number of hydrogen-bond acceptors (Lipinski definition) is 2. The smallest absolute Gasteiger partial charge is 0.331 e. The lowest BCUT2D eigenvalue weighted by Crippen LogP contribution is -2.27. The van der Waals surface area contributed by atoms with E-state index in [-0.39, 0.29) is 5.92 Å². The van der Waals surface area contributed by atoms with Gasteiger partial charge >= 0.3 is 5.97 Å². The fourth-order valence-electron chi connectivity index (χ4n) is 5.24. The Balaban J connectivity index is 1.49. The third-order valence-electron chi connectivity index (χ3n) is 6.80. The Bertz CT molecular complexity index is 615. The van der Waals surface area contributed by atoms with Crippen molar-refractivity contribution in [2.75, 3.05) is 7.11 Å². The molecule has 0 unspecified atom stereocenters. The minimum atomic E-state index is -0.726. The van der Waals surface area contributed by atoms with Gasteiger partial charge in [0.05, 0.1) is 7.11 Å². The summed E-state index contributed by atoms with van der Waals surface area (Å²) in [6, 6.07) is 8.59. The fourth-order valence-corrected chi connectivity index (χ4v) is 5.24. The van der Waals surface area contributed by atoms with Crippen LogP contribution in [0.3, 0.4) is 0 Å². The molecule has 0 radical (unpaired) electrons. The minimum Gasteiger partial charge on any atom is -0.497 e. The first kappa shape index (κ1) is 19.0. The molecule has 1 N–H and O–H groups in total. The molecule has 2 saturated carbocycles. The predicted octanol–water partition coefficient (Wildman–Crippen LogP) is 5.81. The van der Waals surface area contributed by atoms with Gasteiger partial charge in [0.25, 0.3) is 0 Å². The average Bonchev–Trinajstić information content (AvgIpc) is 2.69. The van der Waals surface area contributed by atoms with Gasteiger partial charge in [0, 0.05) is 5.57 Å². The molecule has 142 valence electrons. The van der Waals surface area contributed by atoms with Crippen LogP contribution in [-0.2, 0) is 4.79 Å². The highest BCUT2D eigenvalue weighted by Crippen LogP contribution is 2.45. The number of methoxy groups -OCH3 is 1. The normalized spacial score (nSPS) is 30.0. The predicted molar refractivity (Wildman–Crippen MR) is 105 cm³/mol. The number of rotatable bonds is 5. The zero-order chi connectivity index (χ0) is 18.5. The monoisotopic (exact) mass is 356 g/mol. The van der Waals surface area contributed by atoms with Crippen LogP contribution in [0.1, 0.15) is 69.8 Å². The number of carboxylic acid groups (broad SMARTS) is 1. The first-order valence-corrected chi connectivity index (χ1v) is 10.2. The third kappa shape index (κ3) is 4.31. The lowest BCUT2D eigenvalue weighted by molar-refractivity contribution is -0.133. The van der Waals surface area contributed by atoms with Crippen molar-refractivity contribution in [1.29, 1.82) is 0 Å². The van der Waals surface area contributed by atoms with E-state index < -0.39 is 5.97 Å². The van der Waals surface area contributed by atoms with Gasteiger partial charge in [-0.1, -0.05) is 18.2 Å². The quantitative estimate of drug-likeness (QED) is 0.678. The highest BCUT2D eigenvalue weighted by Gasteiger charge is 2.33. The summed E-state index contributed by atoms with van der Waals surface area (Å²) in [5.74, 6) is 2.80. The SMILES string of the molecule is CC=C(C(=O)O)[C@H]1CC[C@H]([C@H]2CC[C@H](c3ccc(OC)cc3)CC2)CC1. The van der Waals surface area contributed by atoms with Crippen LogP contribution < -0.4 is 4.74 Å². The average molecular weight is 357 g/mol. The van der Waals surface area contributed by atoms with Gasteiger partial charge in [0.1, 0.15) is 5.75 Å². The van der Waals surface area contributed by atoms with Crippen molar-refractivity contribution >= 4 is 5.97 Å². The zero-order valence-electron chi connectivity index (χ0n) is 16.1. The zero-order valence-corrected chi connectivity index (χ0v) is 16.1. The maximum Gasteiger partial charge on any atom is 0.331 e. The molecule has 0 spiro atoms. The Labute approximate surface area is 157 Å². The fraction of sp³-hybridized carbons (Fsp3) is 0.609. The third-order valence-corrected chi connectivity index (χ3v) is 6.80. The van der Waals surface area contributed by atoms with Crippen molar-refractivity contribution in [2.45, 2.75) is 64.2 Å². The molecule has 3 nitrogen and oxygen atoms in total. The molecule has 1 aromatic rings. The van der Waals surface area contributed by atoms with Crippen LogP contribution in [0.5, 0.6) is 5.75 Å². The molecule has 0 atom stereocenters. The molecule has 3 heteroatoms. The van der Waals surface area contributed by atoms with E-state index in [4.69, 9.17) is 4.74 Å². The van der Waals surface area contributed by atoms with Crippen molar-refractivity contribution < 1.29 is 14.6 Å². The van der Waals surface area contributed by atoms with Gasteiger partial charge in [-0.2, -0.15) is 0 Å². The van der Waals surface area contributed by atoms with Gasteiger partial charge in [0.2, 0.25) is 0 Å². The van der Waals surface area contributed by atoms with Gasteiger partial charge in [-0.3, -0.25) is 0 Å². The summed E-state index contributed by atoms with van der Waals surface area (Å²) >= 11 is 0. The molecular formula is C23H32O3. The van der Waals surface area contributed by atoms with Gasteiger partial charge in [-0.25, -0.2) is 4.79 Å². The number of carbonyl (C=O) groups is 1. The van der Waals surface area contributed by atoms with Crippen molar-refractivity contribution in [1.82, 2.24) is 0 Å². The second-order valence-electron chi connectivity index (χ2n) is 8.05. The van der Waals surface area contributed by atoms with Crippen molar-refractivity contribution in [3.8, 4) is 5.75 Å². The summed E-state index contributed by atoms with van der Waals surface area (Å²) < 4.78 is 5.26. The van der Waals surface area contributed by atoms with E-state index >= 15 is 0 Å². The molecule has 0 saturated heterocycles. The van der Waals surface area contributed by atoms with E-state index in [1.54, 1.807) is 13.2 Å². The molecule has 2 fully saturated rings. The van der Waals surface area contributed by atoms with Crippen molar-refractivity contribution in [2.24, 2.45) is 17.8 Å². The highest BCUT2D eigenvalue weighted by atomic mass is 16.5. The Hall–Kier alpha value is -1.77. The van der Waals surface area contributed by atoms with Crippen LogP contribution in [0.2, 0.25) is 0 Å². The van der Waals surface area contributed by atoms with Crippen LogP contribution in [0, 0.1) is 17.8 Å². The number of carboxylic acids is 1. The number of hydrogen-bond donors (Lipinski definition) is 1. The van der Waals surface area contributed by atoms with Gasteiger partial charge < -0.3 is 9.84 Å². The number of benzene rings is 1. The first-order valence-electron chi connectivity index (χ1n) is 10.2. The summed E-state index contributed by atoms with van der Waals surface area (Å²) in [6.07, 6.45) is 11.5. The molecule has 26 heavy (non-hydrogen) atoms. The first-order chi connectivity index (χ1) is 12.6. The van der Waals surface area contributed by atoms with Crippen molar-refractivity contribution in [3.05, 3.63) is 41.5 Å². The summed E-state index contributed by atoms with van der Waals surface area (Å²) in [5, 5.41) is 9.33. The van der Waals surface area contributed by atoms with E-state index in [1.807, 2.05) is 6.92 Å². The van der Waals surface area contributed by atoms with Crippen LogP contribution in [0.4, 0.5) is 0 Å². The molecule has 3 rings (SSSR count). The molecule has 0 amide bonds. The van der Waals surface area contributed by atoms with Crippen LogP contribution in [0.15, 0.2) is 35.9 Å². The highest BCUT2D eigenvalue weighted by molar-refractivity contribution is 5.87. The molecule has 0 bridgehead atoms. The van der Waals surface area contributed by atoms with Crippen LogP contribution >= 0.6 is 0 Å². The van der Waals surface area contributed by atoms with E-state index in [0.29, 0.717) is 11.5 Å². The Morgan fingerprint density at radius 1 is 0.962 bits per heavy atom. The Kier molecular flexibility index (Phi) is 6.39. The van der Waals surface area contributed by atoms with E-state index in [0.717, 1.165) is 30.4 Å². The maximum absolute atomic E-state index is 11.3. The van der Waals surface area contributed by atoms with Crippen molar-refractivity contribution in [3.63, 3.8) is 0 Å². The van der Waals surface area contributed by atoms with E-state index in [1.165, 1.54) is 44.1 Å². The summed E-state index contributed by atoms with van der Waals surface area (Å²) in [5.41, 5.74) is 2.08. The Morgan fingerprint density at radius 2 is 1.50 bits per heavy atom. The molecule has 2 aliphatic carbocycles. The summed E-state index contributed by atoms with van der Waals surface area (Å²) in [7, 11) is 1.71. The molecule has 0 aliphatic heterocycles. The lowest BCUT2D eigenvalue weighted by Gasteiger charge is -2.38. The minimum absolute atomic E-state index is 0.268. The molecule has 0 aromatic heterocycles. The van der Waals surface area contributed by atoms with Gasteiger partial charge in [-0.05, 0) is 99.7 Å². The maximum atomic E-state index is 11.3. The second-order valence-corrected chi connectivity index (χ2v) is 8.05. The topological polar surface area (TPSA) is 46.5 Å². The van der Waals surface area contributed by atoms with Gasteiger partial charge in [0.15, 0.2) is 0 Å². The molecular weight excluding hydrogens is 324 g/mol. The lowest BCUT2D eigenvalue weighted by atomic mass is 9.67. The Morgan fingerprint density at radius 3 is 1.96 bits per heavy atom. The number of aliphatic carboxylic acids is 1. The van der Waals surface area contributed by atoms with Gasteiger partial charge in [-0.15, -0.1) is 0 Å². The molecule has 0 heterocycles. The largest absolute Gasteiger partial charge is 0.497 e. The second kappa shape index (κ2) is 8.75. The number of ether oxygens (including phenoxy) is 1. The standard InChI is InChI=1S/C23H32O3/c1-3-22(23(24)25)20-10-8-18(9-11-20)16-4-6-17(7-5-16)19-12-14-21(26-2)15-13-19/h3,12-18,20H,4-11H2,1-2H3,(H,24,25)/t16-,17-,18-,20-. The summed E-state index contributed by atoms with van der Waals surface area (Å²) in [6.45, 7) is 1.86. The number of allylic oxidation sites excluding steroid dienone is 1. The summed E-state index contributed by atoms with van der Waals surface area (Å²) in [4.78, 5) is 11.3. The molecule has 1 aromatic carbocycles.